The Labute approximate surface area is 695 Å². The predicted octanol–water partition coefficient (Wildman–Crippen LogP) is 9.17. The molecular weight excluding hydrogens is 1600 g/mol. The number of aromatic carboxylic acids is 2. The zero-order valence-corrected chi connectivity index (χ0v) is 67.9. The van der Waals surface area contributed by atoms with Gasteiger partial charge in [0.2, 0.25) is 0 Å². The van der Waals surface area contributed by atoms with Crippen LogP contribution < -0.4 is 44.8 Å². The summed E-state index contributed by atoms with van der Waals surface area (Å²) in [5.74, 6) is -2.52. The second kappa shape index (κ2) is 44.5. The Morgan fingerprint density at radius 2 is 0.807 bits per heavy atom. The second-order valence-electron chi connectivity index (χ2n) is 28.2. The number of nitrogens with zero attached hydrogens (tertiary/aromatic N) is 15. The van der Waals surface area contributed by atoms with Crippen LogP contribution in [0.15, 0.2) is 177 Å². The van der Waals surface area contributed by atoms with Crippen molar-refractivity contribution in [2.75, 3.05) is 85.6 Å². The topological polar surface area (TPSA) is 518 Å². The largest absolute Gasteiger partial charge is 0.498 e. The maximum Gasteiger partial charge on any atom is 0.498 e. The Hall–Kier alpha value is -12.0. The van der Waals surface area contributed by atoms with Gasteiger partial charge in [-0.15, -0.1) is 0 Å². The number of aromatic nitrogens is 15. The highest BCUT2D eigenvalue weighted by Gasteiger charge is 2.52. The molecule has 39 heteroatoms. The minimum atomic E-state index is -1.10. The third-order valence-electron chi connectivity index (χ3n) is 18.9. The fourth-order valence-corrected chi connectivity index (χ4v) is 12.0. The second-order valence-corrected chi connectivity index (χ2v) is 29.1. The minimum absolute atomic E-state index is 0.000441. The predicted molar refractivity (Wildman–Crippen MR) is 447 cm³/mol. The van der Waals surface area contributed by atoms with Gasteiger partial charge in [-0.05, 0) is 162 Å². The molecule has 0 radical (unpaired) electrons. The third-order valence-corrected chi connectivity index (χ3v) is 19.3. The Balaban J connectivity index is 0.000000156. The van der Waals surface area contributed by atoms with E-state index in [0.29, 0.717) is 78.5 Å². The number of hydrogen-bond acceptors (Lipinski definition) is 29. The Bertz CT molecular complexity index is 5010. The highest BCUT2D eigenvalue weighted by molar-refractivity contribution is 9.10. The van der Waals surface area contributed by atoms with Gasteiger partial charge in [0.15, 0.2) is 18.9 Å². The first-order valence-corrected chi connectivity index (χ1v) is 39.2. The van der Waals surface area contributed by atoms with Gasteiger partial charge >= 0.3 is 19.1 Å². The summed E-state index contributed by atoms with van der Waals surface area (Å²) in [5, 5.41) is 49.3. The molecule has 11 aromatic rings. The summed E-state index contributed by atoms with van der Waals surface area (Å²) < 4.78 is 53.5. The molecule has 2 amide bonds. The van der Waals surface area contributed by atoms with Crippen LogP contribution >= 0.6 is 15.9 Å². The number of nitrogens with two attached hydrogens (primary N) is 5. The summed E-state index contributed by atoms with van der Waals surface area (Å²) in [7, 11) is -0.364. The zero-order chi connectivity index (χ0) is 84.7. The molecule has 0 saturated carbocycles. The number of aliphatic hydroxyl groups is 1. The molecule has 15 rings (SSSR count). The van der Waals surface area contributed by atoms with Gasteiger partial charge < -0.3 is 92.4 Å². The number of pyridine rings is 7. The van der Waals surface area contributed by atoms with E-state index in [0.717, 1.165) is 105 Å². The molecule has 3 unspecified atom stereocenters. The van der Waals surface area contributed by atoms with Gasteiger partial charge in [0, 0.05) is 173 Å². The van der Waals surface area contributed by atoms with E-state index < -0.39 is 11.9 Å². The van der Waals surface area contributed by atoms with Crippen molar-refractivity contribution in [1.29, 1.82) is 0 Å². The van der Waals surface area contributed by atoms with Crippen LogP contribution in [0, 0.1) is 0 Å². The van der Waals surface area contributed by atoms with Crippen molar-refractivity contribution in [3.8, 4) is 33.4 Å². The van der Waals surface area contributed by atoms with Crippen LogP contribution in [0.2, 0.25) is 0 Å². The van der Waals surface area contributed by atoms with Crippen molar-refractivity contribution in [2.24, 2.45) is 0 Å². The number of nitrogens with one attached hydrogen (secondary N) is 2. The van der Waals surface area contributed by atoms with Crippen LogP contribution in [-0.2, 0) is 63.9 Å². The number of rotatable bonds is 24. The van der Waals surface area contributed by atoms with E-state index in [9.17, 15) is 19.2 Å². The monoisotopic (exact) mass is 1700 g/mol. The molecule has 0 bridgehead atoms. The Morgan fingerprint density at radius 3 is 1.16 bits per heavy atom. The third kappa shape index (κ3) is 27.5. The number of aliphatic hydroxyl groups excluding tert-OH is 1. The standard InChI is InChI=1S/C21H24N6O3.C16H27BN2O4.C16H16N6O2.C16H20N4O4.C6H5BrN2O2.C5H6N2/c22-20-18(21(28)26-17-4-6-23-7-5-17)11-15(12-24-20)16-13-25-27(14-16)8-10-30-19-3-1-2-9-29-19;1-15(2)16(3,4)23-17(22-15)13-11-18-19(12-13)8-10-21-14-7-5-6-9-20-14;17-15-14(16(24)21-13-1-3-18-4-2-13)7-11(8-19-15)12-9-20-22(10-12)5-6-23;17-15-13(16(21)22)7-11(8-18-15)12-9-19-20(10-12)4-6-24-14-3-1-2-5-23-14;7-3-1-4(6(10)11)5(8)9-2-3;6-5-1-3-7-4-2-5/h4-7,11-14,19H,1-3,8-10H2,(H2,22,24)(H,23,26,28);11-12,14H,5-10H2,1-4H3;1-4,7-10,23H,5-6H2,(H2,17,19)(H,18,21,24);7-10,14H,1-6H2,(H2,17,18)(H,21,22);1-2H,(H2,8,9)(H,10,11);1-4H,(H2,6,7). The average molecular weight is 1700 g/mol. The smallest absolute Gasteiger partial charge is 0.478 e. The number of carboxylic acid groups (broad SMARTS) is 2. The summed E-state index contributed by atoms with van der Waals surface area (Å²) >= 11 is 3.08. The van der Waals surface area contributed by atoms with Crippen LogP contribution in [0.25, 0.3) is 33.4 Å². The van der Waals surface area contributed by atoms with Crippen molar-refractivity contribution >= 4 is 92.6 Å². The summed E-state index contributed by atoms with van der Waals surface area (Å²) in [4.78, 5) is 74.0. The van der Waals surface area contributed by atoms with E-state index in [4.69, 9.17) is 81.7 Å². The van der Waals surface area contributed by atoms with Crippen molar-refractivity contribution < 1.29 is 72.2 Å². The average Bonchev–Trinajstić information content (AvgIpc) is 1.62. The fourth-order valence-electron chi connectivity index (χ4n) is 11.7. The van der Waals surface area contributed by atoms with Gasteiger partial charge in [0.05, 0.1) is 93.5 Å². The Kier molecular flexibility index (Phi) is 33.4. The van der Waals surface area contributed by atoms with Crippen LogP contribution in [0.3, 0.4) is 0 Å². The van der Waals surface area contributed by atoms with E-state index in [1.165, 1.54) is 30.9 Å². The number of carbonyl (C=O) groups excluding carboxylic acids is 2. The fraction of sp³-hybridized carbons (Fsp3) is 0.362. The van der Waals surface area contributed by atoms with Gasteiger partial charge in [-0.3, -0.25) is 43.3 Å². The molecule has 628 valence electrons. The minimum Gasteiger partial charge on any atom is -0.478 e. The van der Waals surface area contributed by atoms with Crippen LogP contribution in [-0.4, -0.2) is 197 Å². The van der Waals surface area contributed by atoms with Gasteiger partial charge in [0.1, 0.15) is 34.4 Å². The van der Waals surface area contributed by atoms with Crippen LogP contribution in [0.4, 0.5) is 40.3 Å². The number of carbonyl (C=O) groups is 4. The molecule has 4 aliphatic rings. The number of nitrogen functional groups attached to an aromatic ring is 5. The normalized spacial score (nSPS) is 16.4. The lowest BCUT2D eigenvalue weighted by Gasteiger charge is -2.32. The molecular formula is C80H98BBrN22O15. The molecule has 4 fully saturated rings. The lowest BCUT2D eigenvalue weighted by atomic mass is 9.82. The van der Waals surface area contributed by atoms with E-state index in [1.807, 2.05) is 23.3 Å². The van der Waals surface area contributed by atoms with Gasteiger partial charge in [-0.25, -0.2) is 29.5 Å². The lowest BCUT2D eigenvalue weighted by molar-refractivity contribution is -0.164. The van der Waals surface area contributed by atoms with Crippen molar-refractivity contribution in [1.82, 2.24) is 74.0 Å². The number of carboxylic acids is 2. The highest BCUT2D eigenvalue weighted by Crippen LogP contribution is 2.37. The van der Waals surface area contributed by atoms with E-state index in [2.05, 4.69) is 110 Å². The molecule has 15 heterocycles. The summed E-state index contributed by atoms with van der Waals surface area (Å²) in [6.07, 6.45) is 39.5. The molecule has 11 aromatic heterocycles. The van der Waals surface area contributed by atoms with E-state index in [1.54, 1.807) is 143 Å². The summed E-state index contributed by atoms with van der Waals surface area (Å²) in [6, 6.07) is 16.6. The molecule has 0 spiro atoms. The van der Waals surface area contributed by atoms with Crippen molar-refractivity contribution in [3.05, 3.63) is 199 Å². The van der Waals surface area contributed by atoms with Crippen molar-refractivity contribution in [3.63, 3.8) is 0 Å². The lowest BCUT2D eigenvalue weighted by Crippen LogP contribution is -2.41. The Morgan fingerprint density at radius 1 is 0.462 bits per heavy atom. The quantitative estimate of drug-likeness (QED) is 0.0252. The number of halogens is 1. The molecule has 15 N–H and O–H groups in total. The molecule has 37 nitrogen and oxygen atoms in total. The maximum absolute atomic E-state index is 12.6. The van der Waals surface area contributed by atoms with Crippen LogP contribution in [0.5, 0.6) is 0 Å². The first-order valence-electron chi connectivity index (χ1n) is 38.4. The molecule has 0 aliphatic carbocycles. The SMILES string of the molecule is CC1(C)OB(c2cnn(CCOC3CCCCO3)c2)OC1(C)C.Nc1ccncc1.Nc1ncc(-c2cnn(CCO)c2)cc1C(=O)Nc1ccncc1.Nc1ncc(-c2cnn(CCOC3CCCCO3)c2)cc1C(=O)Nc1ccncc1.Nc1ncc(-c2cnn(CCOC3CCCCO3)c2)cc1C(=O)O.Nc1ncc(Br)cc1C(=O)O. The van der Waals surface area contributed by atoms with E-state index in [-0.39, 0.29) is 95.6 Å². The summed E-state index contributed by atoms with van der Waals surface area (Å²) in [6.45, 7) is 14.4. The molecule has 3 atom stereocenters. The maximum atomic E-state index is 12.6. The van der Waals surface area contributed by atoms with Gasteiger partial charge in [-0.1, -0.05) is 0 Å². The molecule has 0 aromatic carbocycles. The molecule has 4 saturated heterocycles. The van der Waals surface area contributed by atoms with Crippen molar-refractivity contribution in [2.45, 2.75) is 142 Å². The number of amides is 2. The number of anilines is 7. The highest BCUT2D eigenvalue weighted by atomic mass is 79.9. The number of ether oxygens (including phenoxy) is 6. The number of hydrogen-bond donors (Lipinski definition) is 10. The first-order chi connectivity index (χ1) is 57.4. The van der Waals surface area contributed by atoms with Crippen LogP contribution in [0.1, 0.15) is 127 Å². The van der Waals surface area contributed by atoms with E-state index >= 15 is 0 Å². The first kappa shape index (κ1) is 89.3. The molecule has 4 aliphatic heterocycles. The molecule has 119 heavy (non-hydrogen) atoms. The van der Waals surface area contributed by atoms with Gasteiger partial charge in [0.25, 0.3) is 11.8 Å². The zero-order valence-electron chi connectivity index (χ0n) is 66.3. The van der Waals surface area contributed by atoms with Gasteiger partial charge in [-0.2, -0.15) is 20.4 Å². The summed E-state index contributed by atoms with van der Waals surface area (Å²) in [5.41, 5.74) is 35.3.